The molecular formula is C12H12BrN3O2. The lowest BCUT2D eigenvalue weighted by Gasteiger charge is -2.07. The summed E-state index contributed by atoms with van der Waals surface area (Å²) in [4.78, 5) is 12.0. The Kier molecular flexibility index (Phi) is 3.66. The summed E-state index contributed by atoms with van der Waals surface area (Å²) in [7, 11) is 0. The molecule has 1 aromatic heterocycles. The van der Waals surface area contributed by atoms with Gasteiger partial charge in [0.05, 0.1) is 16.4 Å². The van der Waals surface area contributed by atoms with Crippen molar-refractivity contribution < 1.29 is 9.53 Å². The van der Waals surface area contributed by atoms with Crippen LogP contribution in [0.15, 0.2) is 34.9 Å². The average Bonchev–Trinajstić information content (AvgIpc) is 2.73. The van der Waals surface area contributed by atoms with E-state index in [9.17, 15) is 4.79 Å². The highest BCUT2D eigenvalue weighted by Gasteiger charge is 2.19. The van der Waals surface area contributed by atoms with Gasteiger partial charge in [0, 0.05) is 6.54 Å². The Morgan fingerprint density at radius 3 is 2.89 bits per heavy atom. The van der Waals surface area contributed by atoms with Crippen molar-refractivity contribution in [3.63, 3.8) is 0 Å². The molecular weight excluding hydrogens is 298 g/mol. The predicted octanol–water partition coefficient (Wildman–Crippen LogP) is 2.47. The number of benzene rings is 1. The smallest absolute Gasteiger partial charge is 0.364 e. The molecule has 0 radical (unpaired) electrons. The van der Waals surface area contributed by atoms with Crippen LogP contribution in [0.4, 0.5) is 5.69 Å². The Morgan fingerprint density at radius 1 is 1.50 bits per heavy atom. The first-order chi connectivity index (χ1) is 8.63. The Bertz CT molecular complexity index is 580. The maximum atomic E-state index is 12.0. The highest BCUT2D eigenvalue weighted by atomic mass is 79.9. The van der Waals surface area contributed by atoms with Crippen molar-refractivity contribution >= 4 is 27.6 Å². The quantitative estimate of drug-likeness (QED) is 0.698. The molecule has 0 saturated heterocycles. The van der Waals surface area contributed by atoms with Gasteiger partial charge in [0.2, 0.25) is 0 Å². The van der Waals surface area contributed by atoms with Gasteiger partial charge >= 0.3 is 5.97 Å². The molecule has 0 saturated carbocycles. The van der Waals surface area contributed by atoms with Gasteiger partial charge in [-0.1, -0.05) is 12.1 Å². The van der Waals surface area contributed by atoms with E-state index in [0.29, 0.717) is 22.5 Å². The number of aryl methyl sites for hydroxylation is 1. The molecule has 0 spiro atoms. The van der Waals surface area contributed by atoms with Gasteiger partial charge in [-0.15, -0.1) is 0 Å². The molecule has 6 heteroatoms. The summed E-state index contributed by atoms with van der Waals surface area (Å²) >= 11 is 3.31. The molecule has 0 aliphatic heterocycles. The molecule has 94 valence electrons. The molecule has 5 nitrogen and oxygen atoms in total. The molecule has 2 rings (SSSR count). The van der Waals surface area contributed by atoms with Gasteiger partial charge in [0.25, 0.3) is 0 Å². The molecule has 1 heterocycles. The van der Waals surface area contributed by atoms with Crippen LogP contribution in [-0.4, -0.2) is 15.7 Å². The van der Waals surface area contributed by atoms with Crippen LogP contribution in [0.3, 0.4) is 0 Å². The van der Waals surface area contributed by atoms with Gasteiger partial charge in [-0.25, -0.2) is 4.79 Å². The zero-order chi connectivity index (χ0) is 13.1. The normalized spacial score (nSPS) is 10.3. The van der Waals surface area contributed by atoms with E-state index in [2.05, 4.69) is 21.0 Å². The lowest BCUT2D eigenvalue weighted by Crippen LogP contribution is -2.16. The first kappa shape index (κ1) is 12.6. The summed E-state index contributed by atoms with van der Waals surface area (Å²) < 4.78 is 7.50. The minimum atomic E-state index is -0.515. The van der Waals surface area contributed by atoms with Crippen LogP contribution in [0.1, 0.15) is 17.4 Å². The minimum Gasteiger partial charge on any atom is -0.421 e. The SMILES string of the molecule is CCn1ncc(N)c1C(=O)Oc1ccccc1Br. The molecule has 2 N–H and O–H groups in total. The summed E-state index contributed by atoms with van der Waals surface area (Å²) in [6, 6.07) is 7.12. The number of halogens is 1. The van der Waals surface area contributed by atoms with E-state index in [4.69, 9.17) is 10.5 Å². The molecule has 0 fully saturated rings. The summed E-state index contributed by atoms with van der Waals surface area (Å²) in [5, 5.41) is 4.00. The molecule has 0 aliphatic rings. The van der Waals surface area contributed by atoms with Crippen LogP contribution in [0.5, 0.6) is 5.75 Å². The number of carbonyl (C=O) groups excluding carboxylic acids is 1. The number of para-hydroxylation sites is 1. The van der Waals surface area contributed by atoms with E-state index < -0.39 is 5.97 Å². The van der Waals surface area contributed by atoms with E-state index in [1.54, 1.807) is 18.2 Å². The van der Waals surface area contributed by atoms with Crippen molar-refractivity contribution in [2.24, 2.45) is 0 Å². The monoisotopic (exact) mass is 309 g/mol. The Labute approximate surface area is 113 Å². The molecule has 1 aromatic carbocycles. The van der Waals surface area contributed by atoms with E-state index in [0.717, 1.165) is 0 Å². The van der Waals surface area contributed by atoms with Crippen molar-refractivity contribution in [1.29, 1.82) is 0 Å². The first-order valence-corrected chi connectivity index (χ1v) is 6.20. The summed E-state index contributed by atoms with van der Waals surface area (Å²) in [5.41, 5.74) is 6.30. The van der Waals surface area contributed by atoms with Crippen LogP contribution in [0.25, 0.3) is 0 Å². The number of rotatable bonds is 3. The number of carbonyl (C=O) groups is 1. The molecule has 0 aliphatic carbocycles. The van der Waals surface area contributed by atoms with Gasteiger partial charge in [0.15, 0.2) is 5.69 Å². The van der Waals surface area contributed by atoms with E-state index in [1.807, 2.05) is 13.0 Å². The number of nitrogens with two attached hydrogens (primary N) is 1. The summed E-state index contributed by atoms with van der Waals surface area (Å²) in [5.74, 6) is -0.0653. The number of nitrogen functional groups attached to an aromatic ring is 1. The molecule has 0 unspecified atom stereocenters. The van der Waals surface area contributed by atoms with E-state index in [1.165, 1.54) is 10.9 Å². The van der Waals surface area contributed by atoms with Crippen LogP contribution in [-0.2, 0) is 6.54 Å². The van der Waals surface area contributed by atoms with E-state index in [-0.39, 0.29) is 5.69 Å². The average molecular weight is 310 g/mol. The third-order valence-corrected chi connectivity index (χ3v) is 3.06. The van der Waals surface area contributed by atoms with Crippen molar-refractivity contribution in [2.45, 2.75) is 13.5 Å². The highest BCUT2D eigenvalue weighted by Crippen LogP contribution is 2.25. The minimum absolute atomic E-state index is 0.272. The maximum Gasteiger partial charge on any atom is 0.364 e. The van der Waals surface area contributed by atoms with Gasteiger partial charge < -0.3 is 10.5 Å². The van der Waals surface area contributed by atoms with Crippen molar-refractivity contribution in [3.8, 4) is 5.75 Å². The van der Waals surface area contributed by atoms with Crippen LogP contribution < -0.4 is 10.5 Å². The van der Waals surface area contributed by atoms with Gasteiger partial charge in [-0.2, -0.15) is 5.10 Å². The lowest BCUT2D eigenvalue weighted by molar-refractivity contribution is 0.0722. The second-order valence-electron chi connectivity index (χ2n) is 3.58. The number of hydrogen-bond acceptors (Lipinski definition) is 4. The Hall–Kier alpha value is -1.82. The first-order valence-electron chi connectivity index (χ1n) is 5.41. The predicted molar refractivity (Wildman–Crippen MR) is 71.4 cm³/mol. The third kappa shape index (κ3) is 2.38. The number of aromatic nitrogens is 2. The van der Waals surface area contributed by atoms with Gasteiger partial charge in [0.1, 0.15) is 5.75 Å². The molecule has 0 bridgehead atoms. The number of ether oxygens (including phenoxy) is 1. The number of nitrogens with zero attached hydrogens (tertiary/aromatic N) is 2. The fraction of sp³-hybridized carbons (Fsp3) is 0.167. The fourth-order valence-electron chi connectivity index (χ4n) is 1.54. The van der Waals surface area contributed by atoms with Crippen LogP contribution in [0, 0.1) is 0 Å². The van der Waals surface area contributed by atoms with Crippen LogP contribution >= 0.6 is 15.9 Å². The standard InChI is InChI=1S/C12H12BrN3O2/c1-2-16-11(9(14)7-15-16)12(17)18-10-6-4-3-5-8(10)13/h3-7H,2,14H2,1H3. The maximum absolute atomic E-state index is 12.0. The second-order valence-corrected chi connectivity index (χ2v) is 4.44. The van der Waals surface area contributed by atoms with Crippen LogP contribution in [0.2, 0.25) is 0 Å². The molecule has 0 amide bonds. The van der Waals surface area contributed by atoms with E-state index >= 15 is 0 Å². The topological polar surface area (TPSA) is 70.1 Å². The van der Waals surface area contributed by atoms with Gasteiger partial charge in [-0.3, -0.25) is 4.68 Å². The third-order valence-electron chi connectivity index (χ3n) is 2.40. The largest absolute Gasteiger partial charge is 0.421 e. The number of hydrogen-bond donors (Lipinski definition) is 1. The lowest BCUT2D eigenvalue weighted by atomic mass is 10.3. The number of esters is 1. The second kappa shape index (κ2) is 5.22. The molecule has 0 atom stereocenters. The zero-order valence-corrected chi connectivity index (χ0v) is 11.3. The van der Waals surface area contributed by atoms with Crippen molar-refractivity contribution in [1.82, 2.24) is 9.78 Å². The summed E-state index contributed by atoms with van der Waals surface area (Å²) in [6.45, 7) is 2.43. The van der Waals surface area contributed by atoms with Crippen molar-refractivity contribution in [3.05, 3.63) is 40.6 Å². The zero-order valence-electron chi connectivity index (χ0n) is 9.76. The molecule has 2 aromatic rings. The summed E-state index contributed by atoms with van der Waals surface area (Å²) in [6.07, 6.45) is 1.44. The highest BCUT2D eigenvalue weighted by molar-refractivity contribution is 9.10. The number of anilines is 1. The van der Waals surface area contributed by atoms with Gasteiger partial charge in [-0.05, 0) is 35.0 Å². The van der Waals surface area contributed by atoms with Crippen molar-refractivity contribution in [2.75, 3.05) is 5.73 Å². The Morgan fingerprint density at radius 2 is 2.22 bits per heavy atom. The fourth-order valence-corrected chi connectivity index (χ4v) is 1.90. The Balaban J connectivity index is 2.28. The molecule has 18 heavy (non-hydrogen) atoms.